The molecule has 1 saturated heterocycles. The first-order chi connectivity index (χ1) is 18.5. The van der Waals surface area contributed by atoms with E-state index in [2.05, 4.69) is 50.9 Å². The Labute approximate surface area is 234 Å². The number of benzene rings is 1. The highest BCUT2D eigenvalue weighted by Crippen LogP contribution is 2.44. The summed E-state index contributed by atoms with van der Waals surface area (Å²) in [7, 11) is -1.96. The van der Waals surface area contributed by atoms with Crippen molar-refractivity contribution < 1.29 is 13.2 Å². The van der Waals surface area contributed by atoms with Crippen molar-refractivity contribution >= 4 is 44.6 Å². The molecule has 210 valence electrons. The van der Waals surface area contributed by atoms with Crippen LogP contribution in [0.5, 0.6) is 5.75 Å². The van der Waals surface area contributed by atoms with Gasteiger partial charge in [-0.15, -0.1) is 0 Å². The molecule has 2 aromatic heterocycles. The van der Waals surface area contributed by atoms with E-state index >= 15 is 0 Å². The van der Waals surface area contributed by atoms with Crippen LogP contribution in [0, 0.1) is 6.92 Å². The number of piperidine rings is 1. The largest absolute Gasteiger partial charge is 0.488 e. The second kappa shape index (κ2) is 10.9. The molecule has 0 saturated carbocycles. The van der Waals surface area contributed by atoms with Crippen LogP contribution < -0.4 is 20.7 Å². The highest BCUT2D eigenvalue weighted by atomic mass is 35.5. The highest BCUT2D eigenvalue weighted by Gasteiger charge is 2.30. The third-order valence-electron chi connectivity index (χ3n) is 7.43. The first kappa shape index (κ1) is 27.7. The average molecular weight is 574 g/mol. The van der Waals surface area contributed by atoms with Gasteiger partial charge in [0.25, 0.3) is 0 Å². The van der Waals surface area contributed by atoms with Crippen molar-refractivity contribution in [2.45, 2.75) is 75.7 Å². The Morgan fingerprint density at radius 1 is 1.18 bits per heavy atom. The zero-order chi connectivity index (χ0) is 27.9. The molecule has 4 heterocycles. The van der Waals surface area contributed by atoms with E-state index < -0.39 is 15.1 Å². The van der Waals surface area contributed by atoms with Crippen molar-refractivity contribution in [1.29, 1.82) is 0 Å². The number of ether oxygens (including phenoxy) is 1. The SMILES string of the molecule is Cc1cc(Nc2ncc(Cl)c(Nc3cn(C)nc3S(=O)(=O)C(C)C)n2)c2c(c1C1CCNCC1)CCC(C)O2. The Bertz CT molecular complexity index is 1480. The van der Waals surface area contributed by atoms with Crippen LogP contribution in [0.3, 0.4) is 0 Å². The van der Waals surface area contributed by atoms with Gasteiger partial charge in [0, 0.05) is 18.8 Å². The zero-order valence-corrected chi connectivity index (χ0v) is 24.6. The van der Waals surface area contributed by atoms with E-state index in [-0.39, 0.29) is 22.0 Å². The molecular formula is C27H36ClN7O3S. The van der Waals surface area contributed by atoms with E-state index in [1.807, 2.05) is 0 Å². The minimum absolute atomic E-state index is 0.0511. The number of rotatable bonds is 7. The fourth-order valence-electron chi connectivity index (χ4n) is 5.40. The number of aromatic nitrogens is 4. The normalized spacial score (nSPS) is 18.1. The maximum atomic E-state index is 12.9. The number of halogens is 1. The van der Waals surface area contributed by atoms with E-state index in [1.54, 1.807) is 27.1 Å². The molecule has 1 atom stereocenters. The van der Waals surface area contributed by atoms with E-state index in [9.17, 15) is 8.42 Å². The minimum Gasteiger partial charge on any atom is -0.488 e. The standard InChI is InChI=1S/C27H36ClN7O3S/c1-15(2)39(36,37)26-22(14-35(5)34-26)31-25-20(28)13-30-27(33-25)32-21-12-16(3)23(18-8-10-29-11-9-18)19-7-6-17(4)38-24(19)21/h12-15,17-18,29H,6-11H2,1-5H3,(H2,30,31,32,33). The van der Waals surface area contributed by atoms with E-state index in [1.165, 1.54) is 27.6 Å². The number of hydrogen-bond acceptors (Lipinski definition) is 9. The molecule has 1 aromatic carbocycles. The van der Waals surface area contributed by atoms with Crippen molar-refractivity contribution in [2.75, 3.05) is 23.7 Å². The van der Waals surface area contributed by atoms with Gasteiger partial charge < -0.3 is 20.7 Å². The summed E-state index contributed by atoms with van der Waals surface area (Å²) in [6.45, 7) is 9.55. The zero-order valence-electron chi connectivity index (χ0n) is 23.0. The van der Waals surface area contributed by atoms with Crippen molar-refractivity contribution in [3.05, 3.63) is 40.2 Å². The van der Waals surface area contributed by atoms with Gasteiger partial charge in [0.2, 0.25) is 20.8 Å². The summed E-state index contributed by atoms with van der Waals surface area (Å²) < 4.78 is 33.6. The lowest BCUT2D eigenvalue weighted by Crippen LogP contribution is -2.29. The molecule has 0 bridgehead atoms. The van der Waals surface area contributed by atoms with Crippen LogP contribution in [0.1, 0.15) is 62.6 Å². The monoisotopic (exact) mass is 573 g/mol. The average Bonchev–Trinajstić information content (AvgIpc) is 3.27. The number of nitrogens with one attached hydrogen (secondary N) is 3. The summed E-state index contributed by atoms with van der Waals surface area (Å²) in [4.78, 5) is 8.98. The number of hydrogen-bond donors (Lipinski definition) is 3. The number of aryl methyl sites for hydroxylation is 2. The quantitative estimate of drug-likeness (QED) is 0.357. The Hall–Kier alpha value is -2.89. The molecule has 39 heavy (non-hydrogen) atoms. The molecule has 0 amide bonds. The second-order valence-electron chi connectivity index (χ2n) is 10.7. The smallest absolute Gasteiger partial charge is 0.229 e. The van der Waals surface area contributed by atoms with Crippen molar-refractivity contribution in [3.8, 4) is 5.75 Å². The topological polar surface area (TPSA) is 123 Å². The van der Waals surface area contributed by atoms with Gasteiger partial charge in [-0.1, -0.05) is 11.6 Å². The first-order valence-electron chi connectivity index (χ1n) is 13.4. The lowest BCUT2D eigenvalue weighted by Gasteiger charge is -2.33. The third-order valence-corrected chi connectivity index (χ3v) is 9.78. The molecular weight excluding hydrogens is 538 g/mol. The summed E-state index contributed by atoms with van der Waals surface area (Å²) in [5, 5.41) is 13.6. The van der Waals surface area contributed by atoms with Gasteiger partial charge >= 0.3 is 0 Å². The molecule has 1 fully saturated rings. The molecule has 0 radical (unpaired) electrons. The van der Waals surface area contributed by atoms with Gasteiger partial charge in [0.15, 0.2) is 5.82 Å². The van der Waals surface area contributed by atoms with E-state index in [0.717, 1.165) is 50.2 Å². The van der Waals surface area contributed by atoms with E-state index in [0.29, 0.717) is 17.6 Å². The predicted molar refractivity (Wildman–Crippen MR) is 154 cm³/mol. The van der Waals surface area contributed by atoms with Gasteiger partial charge in [-0.05, 0) is 89.6 Å². The maximum Gasteiger partial charge on any atom is 0.229 e. The lowest BCUT2D eigenvalue weighted by molar-refractivity contribution is 0.192. The van der Waals surface area contributed by atoms with Crippen LogP contribution in [-0.2, 0) is 23.3 Å². The summed E-state index contributed by atoms with van der Waals surface area (Å²) in [6, 6.07) is 2.12. The van der Waals surface area contributed by atoms with Gasteiger partial charge in [-0.25, -0.2) is 13.4 Å². The van der Waals surface area contributed by atoms with Crippen LogP contribution in [-0.4, -0.2) is 52.6 Å². The number of nitrogens with zero attached hydrogens (tertiary/aromatic N) is 4. The van der Waals surface area contributed by atoms with Crippen molar-refractivity contribution in [2.24, 2.45) is 7.05 Å². The number of sulfone groups is 1. The van der Waals surface area contributed by atoms with E-state index in [4.69, 9.17) is 16.3 Å². The molecule has 2 aliphatic heterocycles. The van der Waals surface area contributed by atoms with Gasteiger partial charge in [-0.3, -0.25) is 4.68 Å². The van der Waals surface area contributed by atoms with Crippen LogP contribution >= 0.6 is 11.6 Å². The molecule has 12 heteroatoms. The first-order valence-corrected chi connectivity index (χ1v) is 15.3. The Balaban J connectivity index is 1.49. The Morgan fingerprint density at radius 3 is 2.64 bits per heavy atom. The van der Waals surface area contributed by atoms with Gasteiger partial charge in [-0.2, -0.15) is 10.1 Å². The lowest BCUT2D eigenvalue weighted by atomic mass is 9.81. The number of fused-ring (bicyclic) bond motifs is 1. The fraction of sp³-hybridized carbons (Fsp3) is 0.519. The van der Waals surface area contributed by atoms with Crippen molar-refractivity contribution in [3.63, 3.8) is 0 Å². The summed E-state index contributed by atoms with van der Waals surface area (Å²) in [6.07, 6.45) is 7.37. The number of anilines is 4. The fourth-order valence-corrected chi connectivity index (χ4v) is 6.63. The molecule has 3 aromatic rings. The van der Waals surface area contributed by atoms with Crippen molar-refractivity contribution in [1.82, 2.24) is 25.1 Å². The predicted octanol–water partition coefficient (Wildman–Crippen LogP) is 5.02. The van der Waals surface area contributed by atoms with Crippen LogP contribution in [0.4, 0.5) is 23.1 Å². The highest BCUT2D eigenvalue weighted by molar-refractivity contribution is 7.92. The molecule has 5 rings (SSSR count). The molecule has 10 nitrogen and oxygen atoms in total. The Kier molecular flexibility index (Phi) is 7.76. The minimum atomic E-state index is -3.63. The molecule has 3 N–H and O–H groups in total. The molecule has 1 unspecified atom stereocenters. The third kappa shape index (κ3) is 5.57. The maximum absolute atomic E-state index is 12.9. The molecule has 2 aliphatic rings. The summed E-state index contributed by atoms with van der Waals surface area (Å²) >= 11 is 6.43. The van der Waals surface area contributed by atoms with Crippen LogP contribution in [0.2, 0.25) is 5.02 Å². The Morgan fingerprint density at radius 2 is 1.92 bits per heavy atom. The van der Waals surface area contributed by atoms with Gasteiger partial charge in [0.05, 0.1) is 28.9 Å². The summed E-state index contributed by atoms with van der Waals surface area (Å²) in [5.74, 6) is 1.97. The molecule has 0 aliphatic carbocycles. The van der Waals surface area contributed by atoms with Crippen LogP contribution in [0.15, 0.2) is 23.5 Å². The summed E-state index contributed by atoms with van der Waals surface area (Å²) in [5.41, 5.74) is 5.03. The second-order valence-corrected chi connectivity index (χ2v) is 13.5. The van der Waals surface area contributed by atoms with Gasteiger partial charge in [0.1, 0.15) is 10.8 Å². The van der Waals surface area contributed by atoms with Crippen LogP contribution in [0.25, 0.3) is 0 Å². The molecule has 0 spiro atoms.